The number of hydrogen-bond acceptors (Lipinski definition) is 2. The molecule has 0 bridgehead atoms. The molecule has 0 unspecified atom stereocenters. The monoisotopic (exact) mass is 210 g/mol. The summed E-state index contributed by atoms with van der Waals surface area (Å²) in [5, 5.41) is 0. The van der Waals surface area contributed by atoms with Crippen LogP contribution in [-0.4, -0.2) is 0 Å². The topological polar surface area (TPSA) is 0 Å². The van der Waals surface area contributed by atoms with Crippen molar-refractivity contribution >= 4 is 25.3 Å². The third kappa shape index (κ3) is 5.61. The van der Waals surface area contributed by atoms with Gasteiger partial charge in [-0.05, 0) is 35.1 Å². The van der Waals surface area contributed by atoms with Crippen LogP contribution in [0.2, 0.25) is 0 Å². The Kier molecular flexibility index (Phi) is 5.67. The minimum absolute atomic E-state index is 0.714. The van der Waals surface area contributed by atoms with E-state index in [-0.39, 0.29) is 0 Å². The van der Waals surface area contributed by atoms with Crippen molar-refractivity contribution in [2.24, 2.45) is 0 Å². The van der Waals surface area contributed by atoms with Crippen molar-refractivity contribution in [3.63, 3.8) is 0 Å². The van der Waals surface area contributed by atoms with E-state index in [0.717, 1.165) is 16.1 Å². The van der Waals surface area contributed by atoms with Gasteiger partial charge in [0, 0.05) is 4.91 Å². The molecule has 0 atom stereocenters. The molecule has 70 valence electrons. The zero-order chi connectivity index (χ0) is 10.4. The Morgan fingerprint density at radius 1 is 1.15 bits per heavy atom. The summed E-state index contributed by atoms with van der Waals surface area (Å²) in [6.45, 7) is 13.1. The highest BCUT2D eigenvalue weighted by atomic mass is 32.1. The summed E-state index contributed by atoms with van der Waals surface area (Å²) in [5.74, 6) is 0. The molecule has 0 radical (unpaired) electrons. The lowest BCUT2D eigenvalue weighted by Gasteiger charge is -2.00. The van der Waals surface area contributed by atoms with Gasteiger partial charge in [-0.3, -0.25) is 0 Å². The Morgan fingerprint density at radius 3 is 2.08 bits per heavy atom. The molecule has 0 aromatic rings. The van der Waals surface area contributed by atoms with Crippen molar-refractivity contribution in [3.05, 3.63) is 58.9 Å². The summed E-state index contributed by atoms with van der Waals surface area (Å²) in [4.78, 5) is 1.51. The van der Waals surface area contributed by atoms with Gasteiger partial charge in [0.2, 0.25) is 0 Å². The van der Waals surface area contributed by atoms with Crippen LogP contribution in [0.25, 0.3) is 0 Å². The van der Waals surface area contributed by atoms with Crippen LogP contribution in [-0.2, 0) is 0 Å². The van der Waals surface area contributed by atoms with Gasteiger partial charge < -0.3 is 0 Å². The van der Waals surface area contributed by atoms with E-state index in [1.165, 1.54) is 0 Å². The first-order chi connectivity index (χ1) is 5.97. The van der Waals surface area contributed by atoms with Crippen molar-refractivity contribution < 1.29 is 0 Å². The fraction of sp³-hybridized carbons (Fsp3) is 0.0909. The maximum absolute atomic E-state index is 4.17. The molecule has 0 aromatic heterocycles. The van der Waals surface area contributed by atoms with Crippen molar-refractivity contribution in [2.45, 2.75) is 6.92 Å². The van der Waals surface area contributed by atoms with Gasteiger partial charge in [0.1, 0.15) is 0 Å². The minimum Gasteiger partial charge on any atom is -0.144 e. The van der Waals surface area contributed by atoms with Gasteiger partial charge in [-0.1, -0.05) is 25.8 Å². The lowest BCUT2D eigenvalue weighted by atomic mass is 10.1. The molecule has 0 N–H and O–H groups in total. The third-order valence-electron chi connectivity index (χ3n) is 1.42. The van der Waals surface area contributed by atoms with Crippen LogP contribution in [0.1, 0.15) is 6.92 Å². The Labute approximate surface area is 91.3 Å². The molecule has 13 heavy (non-hydrogen) atoms. The predicted molar refractivity (Wildman–Crippen MR) is 68.3 cm³/mol. The average molecular weight is 210 g/mol. The molecule has 0 aliphatic carbocycles. The molecule has 0 fully saturated rings. The van der Waals surface area contributed by atoms with Crippen LogP contribution in [0.4, 0.5) is 0 Å². The third-order valence-corrected chi connectivity index (χ3v) is 1.86. The molecule has 0 nitrogen and oxygen atoms in total. The maximum atomic E-state index is 4.17. The number of hydrogen-bond donors (Lipinski definition) is 2. The van der Waals surface area contributed by atoms with E-state index in [2.05, 4.69) is 45.0 Å². The lowest BCUT2D eigenvalue weighted by molar-refractivity contribution is 1.44. The molecule has 0 heterocycles. The molecule has 0 spiro atoms. The Balaban J connectivity index is 4.63. The molecular formula is C11H14S2. The normalized spacial score (nSPS) is 12.5. The summed E-state index contributed by atoms with van der Waals surface area (Å²) in [6.07, 6.45) is 5.36. The first-order valence-corrected chi connectivity index (χ1v) is 4.65. The Hall–Kier alpha value is -0.600. The molecule has 0 aromatic carbocycles. The van der Waals surface area contributed by atoms with E-state index in [1.54, 1.807) is 6.08 Å². The fourth-order valence-electron chi connectivity index (χ4n) is 0.694. The van der Waals surface area contributed by atoms with Gasteiger partial charge in [-0.15, -0.1) is 25.3 Å². The number of rotatable bonds is 4. The van der Waals surface area contributed by atoms with Gasteiger partial charge in [0.05, 0.1) is 0 Å². The second-order valence-corrected chi connectivity index (χ2v) is 3.71. The standard InChI is InChI=1S/C11H14S2/c1-5-11(13)7-9(3)8(2)6-10(4)12/h5-7,12-13H,1,3-4H2,2H3/b8-6-,11-7+. The smallest absolute Gasteiger partial charge is 0.00399 e. The zero-order valence-electron chi connectivity index (χ0n) is 7.75. The van der Waals surface area contributed by atoms with E-state index in [0.29, 0.717) is 4.91 Å². The lowest BCUT2D eigenvalue weighted by Crippen LogP contribution is -1.79. The SMILES string of the molecule is C=C/C(S)=C\C(=C)/C(C)=C\C(=C)S. The van der Waals surface area contributed by atoms with E-state index < -0.39 is 0 Å². The number of thiol groups is 2. The second kappa shape index (κ2) is 5.95. The van der Waals surface area contributed by atoms with Crippen LogP contribution < -0.4 is 0 Å². The molecular weight excluding hydrogens is 196 g/mol. The molecule has 2 heteroatoms. The summed E-state index contributed by atoms with van der Waals surface area (Å²) >= 11 is 8.24. The van der Waals surface area contributed by atoms with Gasteiger partial charge in [-0.2, -0.15) is 0 Å². The molecule has 0 aliphatic rings. The van der Waals surface area contributed by atoms with Crippen molar-refractivity contribution in [1.82, 2.24) is 0 Å². The van der Waals surface area contributed by atoms with Crippen molar-refractivity contribution in [1.29, 1.82) is 0 Å². The van der Waals surface area contributed by atoms with Gasteiger partial charge in [-0.25, -0.2) is 0 Å². The summed E-state index contributed by atoms with van der Waals surface area (Å²) in [7, 11) is 0. The fourth-order valence-corrected chi connectivity index (χ4v) is 1.04. The van der Waals surface area contributed by atoms with E-state index in [9.17, 15) is 0 Å². The second-order valence-electron chi connectivity index (χ2n) is 2.62. The zero-order valence-corrected chi connectivity index (χ0v) is 9.54. The van der Waals surface area contributed by atoms with E-state index in [4.69, 9.17) is 0 Å². The minimum atomic E-state index is 0.714. The highest BCUT2D eigenvalue weighted by Gasteiger charge is 1.93. The molecule has 0 saturated heterocycles. The van der Waals surface area contributed by atoms with E-state index >= 15 is 0 Å². The van der Waals surface area contributed by atoms with E-state index in [1.807, 2.05) is 19.1 Å². The highest BCUT2D eigenvalue weighted by molar-refractivity contribution is 7.84. The quantitative estimate of drug-likeness (QED) is 0.510. The van der Waals surface area contributed by atoms with Gasteiger partial charge in [0.25, 0.3) is 0 Å². The predicted octanol–water partition coefficient (Wildman–Crippen LogP) is 3.93. The molecule has 0 aliphatic heterocycles. The van der Waals surface area contributed by atoms with Crippen LogP contribution in [0.15, 0.2) is 58.9 Å². The average Bonchev–Trinajstić information content (AvgIpc) is 2.02. The summed E-state index contributed by atoms with van der Waals surface area (Å²) < 4.78 is 0. The summed E-state index contributed by atoms with van der Waals surface area (Å²) in [5.41, 5.74) is 1.91. The van der Waals surface area contributed by atoms with Crippen LogP contribution in [0, 0.1) is 0 Å². The van der Waals surface area contributed by atoms with Crippen LogP contribution in [0.5, 0.6) is 0 Å². The number of allylic oxidation sites excluding steroid dienone is 5. The molecule has 0 amide bonds. The van der Waals surface area contributed by atoms with Crippen LogP contribution >= 0.6 is 25.3 Å². The summed E-state index contributed by atoms with van der Waals surface area (Å²) in [6, 6.07) is 0. The van der Waals surface area contributed by atoms with Gasteiger partial charge >= 0.3 is 0 Å². The van der Waals surface area contributed by atoms with Crippen molar-refractivity contribution in [3.8, 4) is 0 Å². The maximum Gasteiger partial charge on any atom is 0.00399 e. The Bertz CT molecular complexity index is 293. The largest absolute Gasteiger partial charge is 0.144 e. The first kappa shape index (κ1) is 12.4. The van der Waals surface area contributed by atoms with Crippen LogP contribution in [0.3, 0.4) is 0 Å². The Morgan fingerprint density at radius 2 is 1.69 bits per heavy atom. The highest BCUT2D eigenvalue weighted by Crippen LogP contribution is 2.15. The first-order valence-electron chi connectivity index (χ1n) is 3.76. The molecule has 0 rings (SSSR count). The van der Waals surface area contributed by atoms with Crippen molar-refractivity contribution in [2.75, 3.05) is 0 Å². The molecule has 0 saturated carbocycles. The van der Waals surface area contributed by atoms with Gasteiger partial charge in [0.15, 0.2) is 0 Å².